The Kier molecular flexibility index (Phi) is 6.85. The molecule has 3 N–H and O–H groups in total. The van der Waals surface area contributed by atoms with Gasteiger partial charge in [-0.1, -0.05) is 38.1 Å². The Balaban J connectivity index is 1.56. The molecule has 0 bridgehead atoms. The van der Waals surface area contributed by atoms with Crippen molar-refractivity contribution in [2.24, 2.45) is 5.92 Å². The van der Waals surface area contributed by atoms with Gasteiger partial charge in [0.2, 0.25) is 11.8 Å². The van der Waals surface area contributed by atoms with Crippen LogP contribution in [0.15, 0.2) is 24.3 Å². The van der Waals surface area contributed by atoms with Crippen LogP contribution in [0, 0.1) is 5.92 Å². The standard InChI is InChI=1S/C21H31N3O3/c1-14(2)10-19(20(25)23-13-17-8-5-9-27-17)24-21(26)18-11-15-6-3-4-7-16(15)12-22-18/h3-4,6-7,14,17-19,22H,5,8-13H2,1-2H3,(H,23,25)(H,24,26)/t17?,18-,19-/m0/s1. The van der Waals surface area contributed by atoms with E-state index in [1.807, 2.05) is 12.1 Å². The first-order valence-electron chi connectivity index (χ1n) is 10.0. The van der Waals surface area contributed by atoms with Gasteiger partial charge in [0.25, 0.3) is 0 Å². The fourth-order valence-electron chi connectivity index (χ4n) is 3.76. The number of amides is 2. The SMILES string of the molecule is CC(C)C[C@H](NC(=O)[C@@H]1Cc2ccccc2CN1)C(=O)NCC1CCCO1. The van der Waals surface area contributed by atoms with Gasteiger partial charge in [-0.3, -0.25) is 9.59 Å². The molecule has 27 heavy (non-hydrogen) atoms. The topological polar surface area (TPSA) is 79.5 Å². The molecule has 0 aromatic heterocycles. The van der Waals surface area contributed by atoms with Crippen molar-refractivity contribution in [3.63, 3.8) is 0 Å². The van der Waals surface area contributed by atoms with Crippen molar-refractivity contribution in [3.05, 3.63) is 35.4 Å². The van der Waals surface area contributed by atoms with E-state index >= 15 is 0 Å². The minimum Gasteiger partial charge on any atom is -0.376 e. The molecular formula is C21H31N3O3. The van der Waals surface area contributed by atoms with E-state index in [0.717, 1.165) is 19.4 Å². The van der Waals surface area contributed by atoms with Gasteiger partial charge < -0.3 is 20.7 Å². The van der Waals surface area contributed by atoms with Crippen molar-refractivity contribution in [3.8, 4) is 0 Å². The number of nitrogens with one attached hydrogen (secondary N) is 3. The molecule has 1 saturated heterocycles. The van der Waals surface area contributed by atoms with Crippen molar-refractivity contribution < 1.29 is 14.3 Å². The fourth-order valence-corrected chi connectivity index (χ4v) is 3.76. The normalized spacial score (nSPS) is 22.9. The summed E-state index contributed by atoms with van der Waals surface area (Å²) in [5.74, 6) is 0.0787. The molecule has 0 saturated carbocycles. The highest BCUT2D eigenvalue weighted by molar-refractivity contribution is 5.90. The zero-order valence-corrected chi connectivity index (χ0v) is 16.3. The van der Waals surface area contributed by atoms with E-state index in [1.165, 1.54) is 11.1 Å². The maximum atomic E-state index is 12.8. The lowest BCUT2D eigenvalue weighted by atomic mass is 9.95. The Hall–Kier alpha value is -1.92. The summed E-state index contributed by atoms with van der Waals surface area (Å²) in [7, 11) is 0. The molecule has 148 valence electrons. The third kappa shape index (κ3) is 5.53. The van der Waals surface area contributed by atoms with Crippen LogP contribution in [0.4, 0.5) is 0 Å². The second-order valence-corrected chi connectivity index (χ2v) is 7.98. The second-order valence-electron chi connectivity index (χ2n) is 7.98. The summed E-state index contributed by atoms with van der Waals surface area (Å²) in [6, 6.07) is 7.34. The quantitative estimate of drug-likeness (QED) is 0.677. The molecule has 3 atom stereocenters. The predicted octanol–water partition coefficient (Wildman–Crippen LogP) is 1.53. The van der Waals surface area contributed by atoms with Gasteiger partial charge in [0, 0.05) is 19.7 Å². The summed E-state index contributed by atoms with van der Waals surface area (Å²) in [4.78, 5) is 25.4. The van der Waals surface area contributed by atoms with Gasteiger partial charge in [-0.25, -0.2) is 0 Å². The first-order valence-corrected chi connectivity index (χ1v) is 10.0. The lowest BCUT2D eigenvalue weighted by molar-refractivity contribution is -0.130. The number of ether oxygens (including phenoxy) is 1. The molecule has 0 spiro atoms. The number of fused-ring (bicyclic) bond motifs is 1. The number of hydrogen-bond acceptors (Lipinski definition) is 4. The zero-order valence-electron chi connectivity index (χ0n) is 16.3. The summed E-state index contributed by atoms with van der Waals surface area (Å²) in [5, 5.41) is 9.21. The van der Waals surface area contributed by atoms with Gasteiger partial charge in [0.15, 0.2) is 0 Å². The molecule has 2 heterocycles. The van der Waals surface area contributed by atoms with Crippen LogP contribution in [0.25, 0.3) is 0 Å². The fraction of sp³-hybridized carbons (Fsp3) is 0.619. The van der Waals surface area contributed by atoms with Crippen LogP contribution in [0.5, 0.6) is 0 Å². The molecule has 2 amide bonds. The smallest absolute Gasteiger partial charge is 0.242 e. The van der Waals surface area contributed by atoms with E-state index in [4.69, 9.17) is 4.74 Å². The highest BCUT2D eigenvalue weighted by Gasteiger charge is 2.29. The molecule has 1 fully saturated rings. The van der Waals surface area contributed by atoms with Crippen molar-refractivity contribution in [2.75, 3.05) is 13.2 Å². The Morgan fingerprint density at radius 1 is 1.26 bits per heavy atom. The zero-order chi connectivity index (χ0) is 19.2. The van der Waals surface area contributed by atoms with Crippen molar-refractivity contribution >= 4 is 11.8 Å². The van der Waals surface area contributed by atoms with Crippen molar-refractivity contribution in [1.29, 1.82) is 0 Å². The minimum absolute atomic E-state index is 0.0980. The molecule has 2 aliphatic heterocycles. The van der Waals surface area contributed by atoms with E-state index in [1.54, 1.807) is 0 Å². The Labute approximate surface area is 161 Å². The average molecular weight is 373 g/mol. The third-order valence-corrected chi connectivity index (χ3v) is 5.27. The predicted molar refractivity (Wildman–Crippen MR) is 104 cm³/mol. The maximum absolute atomic E-state index is 12.8. The Morgan fingerprint density at radius 2 is 2.04 bits per heavy atom. The number of benzene rings is 1. The lowest BCUT2D eigenvalue weighted by Gasteiger charge is -2.28. The number of hydrogen-bond donors (Lipinski definition) is 3. The van der Waals surface area contributed by atoms with E-state index in [9.17, 15) is 9.59 Å². The first kappa shape index (κ1) is 19.8. The van der Waals surface area contributed by atoms with Crippen molar-refractivity contribution in [2.45, 2.75) is 64.3 Å². The minimum atomic E-state index is -0.516. The molecule has 2 aliphatic rings. The molecule has 1 aromatic carbocycles. The Bertz CT molecular complexity index is 656. The monoisotopic (exact) mass is 373 g/mol. The van der Waals surface area contributed by atoms with Crippen LogP contribution < -0.4 is 16.0 Å². The molecule has 6 nitrogen and oxygen atoms in total. The summed E-state index contributed by atoms with van der Waals surface area (Å²) in [6.45, 7) is 6.07. The van der Waals surface area contributed by atoms with Crippen LogP contribution in [0.2, 0.25) is 0 Å². The van der Waals surface area contributed by atoms with Gasteiger partial charge in [-0.2, -0.15) is 0 Å². The van der Waals surface area contributed by atoms with Crippen molar-refractivity contribution in [1.82, 2.24) is 16.0 Å². The lowest BCUT2D eigenvalue weighted by Crippen LogP contribution is -2.55. The van der Waals surface area contributed by atoms with E-state index in [2.05, 4.69) is 41.9 Å². The van der Waals surface area contributed by atoms with E-state index in [-0.39, 0.29) is 24.0 Å². The second kappa shape index (κ2) is 9.33. The van der Waals surface area contributed by atoms with Gasteiger partial charge in [-0.15, -0.1) is 0 Å². The molecule has 6 heteroatoms. The highest BCUT2D eigenvalue weighted by atomic mass is 16.5. The highest BCUT2D eigenvalue weighted by Crippen LogP contribution is 2.17. The average Bonchev–Trinajstić information content (AvgIpc) is 3.18. The summed E-state index contributed by atoms with van der Waals surface area (Å²) in [6.07, 6.45) is 3.38. The van der Waals surface area contributed by atoms with Crippen LogP contribution in [-0.4, -0.2) is 43.2 Å². The summed E-state index contributed by atoms with van der Waals surface area (Å²) < 4.78 is 5.56. The maximum Gasteiger partial charge on any atom is 0.242 e. The first-order chi connectivity index (χ1) is 13.0. The largest absolute Gasteiger partial charge is 0.376 e. The molecule has 1 unspecified atom stereocenters. The molecule has 0 radical (unpaired) electrons. The molecule has 3 rings (SSSR count). The molecule has 0 aliphatic carbocycles. The van der Waals surface area contributed by atoms with Crippen LogP contribution in [0.3, 0.4) is 0 Å². The molecular weight excluding hydrogens is 342 g/mol. The van der Waals surface area contributed by atoms with E-state index in [0.29, 0.717) is 31.8 Å². The van der Waals surface area contributed by atoms with Gasteiger partial charge >= 0.3 is 0 Å². The van der Waals surface area contributed by atoms with Gasteiger partial charge in [0.05, 0.1) is 12.1 Å². The van der Waals surface area contributed by atoms with Crippen LogP contribution in [-0.2, 0) is 27.3 Å². The van der Waals surface area contributed by atoms with E-state index < -0.39 is 6.04 Å². The Morgan fingerprint density at radius 3 is 2.74 bits per heavy atom. The molecule has 1 aromatic rings. The third-order valence-electron chi connectivity index (χ3n) is 5.27. The van der Waals surface area contributed by atoms with Crippen LogP contribution in [0.1, 0.15) is 44.2 Å². The number of carbonyl (C=O) groups excluding carboxylic acids is 2. The summed E-state index contributed by atoms with van der Waals surface area (Å²) >= 11 is 0. The number of rotatable bonds is 7. The van der Waals surface area contributed by atoms with Gasteiger partial charge in [0.1, 0.15) is 6.04 Å². The van der Waals surface area contributed by atoms with Crippen LogP contribution >= 0.6 is 0 Å². The summed E-state index contributed by atoms with van der Waals surface area (Å²) in [5.41, 5.74) is 2.43. The van der Waals surface area contributed by atoms with Gasteiger partial charge in [-0.05, 0) is 42.7 Å². The number of carbonyl (C=O) groups is 2.